The first kappa shape index (κ1) is 13.9. The average Bonchev–Trinajstić information content (AvgIpc) is 3.17. The fourth-order valence-electron chi connectivity index (χ4n) is 1.74. The summed E-state index contributed by atoms with van der Waals surface area (Å²) in [6.45, 7) is 0.196. The second-order valence-corrected chi connectivity index (χ2v) is 6.09. The molecule has 0 aliphatic rings. The van der Waals surface area contributed by atoms with Gasteiger partial charge in [0.05, 0.1) is 22.7 Å². The van der Waals surface area contributed by atoms with E-state index >= 15 is 0 Å². The largest absolute Gasteiger partial charge is 0.459 e. The molecule has 4 nitrogen and oxygen atoms in total. The maximum absolute atomic E-state index is 11.8. The molecular formula is C15H12N2O2S2. The van der Waals surface area contributed by atoms with Crippen LogP contribution in [0.4, 0.5) is 0 Å². The maximum atomic E-state index is 11.8. The number of carbonyl (C=O) groups excluding carboxylic acids is 1. The van der Waals surface area contributed by atoms with Crippen LogP contribution in [0.2, 0.25) is 0 Å². The van der Waals surface area contributed by atoms with Crippen LogP contribution in [-0.4, -0.2) is 15.9 Å². The standard InChI is InChI=1S/C15H12N2O2S2/c18-14(19-9-11-4-1-2-6-16-11)8-12-10-21-15(17-12)13-5-3-7-20-13/h1-7,10H,8-9H2. The number of hydrogen-bond acceptors (Lipinski definition) is 6. The second kappa shape index (κ2) is 6.60. The lowest BCUT2D eigenvalue weighted by atomic mass is 10.3. The summed E-state index contributed by atoms with van der Waals surface area (Å²) in [5.41, 5.74) is 1.48. The monoisotopic (exact) mass is 316 g/mol. The molecular weight excluding hydrogens is 304 g/mol. The van der Waals surface area contributed by atoms with E-state index < -0.39 is 0 Å². The number of thiazole rings is 1. The van der Waals surface area contributed by atoms with Crippen LogP contribution in [0, 0.1) is 0 Å². The minimum Gasteiger partial charge on any atom is -0.459 e. The van der Waals surface area contributed by atoms with Crippen molar-refractivity contribution < 1.29 is 9.53 Å². The van der Waals surface area contributed by atoms with E-state index in [9.17, 15) is 4.79 Å². The predicted octanol–water partition coefficient (Wildman–Crippen LogP) is 3.55. The molecule has 0 spiro atoms. The van der Waals surface area contributed by atoms with Crippen LogP contribution in [0.15, 0.2) is 47.3 Å². The summed E-state index contributed by atoms with van der Waals surface area (Å²) < 4.78 is 5.20. The summed E-state index contributed by atoms with van der Waals surface area (Å²) >= 11 is 3.18. The molecule has 106 valence electrons. The Morgan fingerprint density at radius 2 is 2.10 bits per heavy atom. The molecule has 0 fully saturated rings. The second-order valence-electron chi connectivity index (χ2n) is 4.28. The molecule has 0 aliphatic heterocycles. The van der Waals surface area contributed by atoms with Gasteiger partial charge in [-0.2, -0.15) is 0 Å². The molecule has 0 radical (unpaired) electrons. The molecule has 0 bridgehead atoms. The smallest absolute Gasteiger partial charge is 0.312 e. The van der Waals surface area contributed by atoms with Crippen LogP contribution >= 0.6 is 22.7 Å². The summed E-state index contributed by atoms with van der Waals surface area (Å²) in [5.74, 6) is -0.288. The number of carbonyl (C=O) groups is 1. The number of ether oxygens (including phenoxy) is 1. The quantitative estimate of drug-likeness (QED) is 0.675. The number of rotatable bonds is 5. The fraction of sp³-hybridized carbons (Fsp3) is 0.133. The number of thiophene rings is 1. The van der Waals surface area contributed by atoms with Gasteiger partial charge in [0.15, 0.2) is 0 Å². The lowest BCUT2D eigenvalue weighted by molar-refractivity contribution is -0.144. The molecule has 0 N–H and O–H groups in total. The third-order valence-corrected chi connectivity index (χ3v) is 4.65. The van der Waals surface area contributed by atoms with Crippen LogP contribution < -0.4 is 0 Å². The average molecular weight is 316 g/mol. The predicted molar refractivity (Wildman–Crippen MR) is 83.2 cm³/mol. The van der Waals surface area contributed by atoms with Crippen molar-refractivity contribution in [2.45, 2.75) is 13.0 Å². The maximum Gasteiger partial charge on any atom is 0.312 e. The van der Waals surface area contributed by atoms with E-state index in [1.165, 1.54) is 0 Å². The molecule has 3 aromatic rings. The highest BCUT2D eigenvalue weighted by atomic mass is 32.1. The lowest BCUT2D eigenvalue weighted by Crippen LogP contribution is -2.08. The van der Waals surface area contributed by atoms with E-state index in [1.54, 1.807) is 28.9 Å². The highest BCUT2D eigenvalue weighted by molar-refractivity contribution is 7.20. The molecule has 0 aromatic carbocycles. The summed E-state index contributed by atoms with van der Waals surface area (Å²) in [7, 11) is 0. The Labute approximate surface area is 130 Å². The minimum atomic E-state index is -0.288. The van der Waals surface area contributed by atoms with Crippen LogP contribution in [-0.2, 0) is 22.6 Å². The van der Waals surface area contributed by atoms with E-state index in [2.05, 4.69) is 9.97 Å². The zero-order chi connectivity index (χ0) is 14.5. The molecule has 6 heteroatoms. The van der Waals surface area contributed by atoms with Gasteiger partial charge in [0.2, 0.25) is 0 Å². The summed E-state index contributed by atoms with van der Waals surface area (Å²) in [5, 5.41) is 4.85. The van der Waals surface area contributed by atoms with Crippen LogP contribution in [0.5, 0.6) is 0 Å². The highest BCUT2D eigenvalue weighted by Crippen LogP contribution is 2.27. The van der Waals surface area contributed by atoms with Gasteiger partial charge in [0.1, 0.15) is 11.6 Å². The van der Waals surface area contributed by atoms with Gasteiger partial charge in [-0.25, -0.2) is 4.98 Å². The molecule has 3 aromatic heterocycles. The van der Waals surface area contributed by atoms with Gasteiger partial charge in [-0.15, -0.1) is 22.7 Å². The first-order valence-corrected chi connectivity index (χ1v) is 8.11. The molecule has 0 atom stereocenters. The minimum absolute atomic E-state index is 0.189. The van der Waals surface area contributed by atoms with Gasteiger partial charge < -0.3 is 4.74 Å². The van der Waals surface area contributed by atoms with Crippen molar-refractivity contribution in [3.05, 3.63) is 58.7 Å². The molecule has 3 heterocycles. The zero-order valence-electron chi connectivity index (χ0n) is 11.1. The number of aromatic nitrogens is 2. The van der Waals surface area contributed by atoms with Crippen molar-refractivity contribution in [3.63, 3.8) is 0 Å². The first-order chi connectivity index (χ1) is 10.3. The number of pyridine rings is 1. The molecule has 0 saturated heterocycles. The van der Waals surface area contributed by atoms with Crippen molar-refractivity contribution in [1.29, 1.82) is 0 Å². The Bertz CT molecular complexity index is 708. The van der Waals surface area contributed by atoms with Gasteiger partial charge in [-0.1, -0.05) is 12.1 Å². The third kappa shape index (κ3) is 3.74. The van der Waals surface area contributed by atoms with E-state index in [1.807, 2.05) is 41.1 Å². The van der Waals surface area contributed by atoms with Gasteiger partial charge in [0, 0.05) is 11.6 Å². The van der Waals surface area contributed by atoms with E-state index in [0.717, 1.165) is 21.3 Å². The van der Waals surface area contributed by atoms with Crippen molar-refractivity contribution in [3.8, 4) is 9.88 Å². The zero-order valence-corrected chi connectivity index (χ0v) is 12.7. The summed E-state index contributed by atoms with van der Waals surface area (Å²) in [6, 6.07) is 9.52. The normalized spacial score (nSPS) is 10.5. The molecule has 0 saturated carbocycles. The fourth-order valence-corrected chi connectivity index (χ4v) is 3.37. The number of esters is 1. The Hall–Kier alpha value is -2.05. The Morgan fingerprint density at radius 1 is 1.14 bits per heavy atom. The Kier molecular flexibility index (Phi) is 4.37. The van der Waals surface area contributed by atoms with Gasteiger partial charge in [-0.3, -0.25) is 9.78 Å². The molecule has 0 aliphatic carbocycles. The SMILES string of the molecule is O=C(Cc1csc(-c2cccs2)n1)OCc1ccccn1. The topological polar surface area (TPSA) is 52.1 Å². The van der Waals surface area contributed by atoms with E-state index in [-0.39, 0.29) is 19.0 Å². The van der Waals surface area contributed by atoms with Crippen molar-refractivity contribution in [2.24, 2.45) is 0 Å². The number of nitrogens with zero attached hydrogens (tertiary/aromatic N) is 2. The number of hydrogen-bond donors (Lipinski definition) is 0. The Morgan fingerprint density at radius 3 is 2.86 bits per heavy atom. The highest BCUT2D eigenvalue weighted by Gasteiger charge is 2.10. The summed E-state index contributed by atoms with van der Waals surface area (Å²) in [6.07, 6.45) is 1.87. The van der Waals surface area contributed by atoms with Gasteiger partial charge in [0.25, 0.3) is 0 Å². The summed E-state index contributed by atoms with van der Waals surface area (Å²) in [4.78, 5) is 21.5. The third-order valence-electron chi connectivity index (χ3n) is 2.72. The molecule has 21 heavy (non-hydrogen) atoms. The van der Waals surface area contributed by atoms with E-state index in [0.29, 0.717) is 0 Å². The van der Waals surface area contributed by atoms with Crippen molar-refractivity contribution in [1.82, 2.24) is 9.97 Å². The first-order valence-electron chi connectivity index (χ1n) is 6.35. The van der Waals surface area contributed by atoms with E-state index in [4.69, 9.17) is 4.74 Å². The van der Waals surface area contributed by atoms with Crippen molar-refractivity contribution in [2.75, 3.05) is 0 Å². The molecule has 0 unspecified atom stereocenters. The molecule has 3 rings (SSSR count). The molecule has 0 amide bonds. The Balaban J connectivity index is 1.55. The van der Waals surface area contributed by atoms with Crippen LogP contribution in [0.1, 0.15) is 11.4 Å². The van der Waals surface area contributed by atoms with Crippen LogP contribution in [0.3, 0.4) is 0 Å². The van der Waals surface area contributed by atoms with Crippen molar-refractivity contribution >= 4 is 28.6 Å². The lowest BCUT2D eigenvalue weighted by Gasteiger charge is -2.02. The van der Waals surface area contributed by atoms with Gasteiger partial charge in [-0.05, 0) is 23.6 Å². The van der Waals surface area contributed by atoms with Gasteiger partial charge >= 0.3 is 5.97 Å². The van der Waals surface area contributed by atoms with Crippen LogP contribution in [0.25, 0.3) is 9.88 Å².